The van der Waals surface area contributed by atoms with Gasteiger partial charge in [-0.2, -0.15) is 0 Å². The quantitative estimate of drug-likeness (QED) is 0.680. The molecule has 2 rings (SSSR count). The Morgan fingerprint density at radius 1 is 1.28 bits per heavy atom. The fourth-order valence-electron chi connectivity index (χ4n) is 2.37. The maximum Gasteiger partial charge on any atom is 0.105 e. The van der Waals surface area contributed by atoms with Gasteiger partial charge in [-0.1, -0.05) is 32.6 Å². The molecule has 1 aromatic rings. The molecular formula is C15H27N3. The molecule has 102 valence electrons. The van der Waals surface area contributed by atoms with E-state index in [1.54, 1.807) is 0 Å². The van der Waals surface area contributed by atoms with Crippen LogP contribution in [0.1, 0.15) is 63.4 Å². The van der Waals surface area contributed by atoms with Crippen molar-refractivity contribution in [3.8, 4) is 0 Å². The Kier molecular flexibility index (Phi) is 5.24. The number of unbranched alkanes of at least 4 members (excludes halogenated alkanes) is 4. The summed E-state index contributed by atoms with van der Waals surface area (Å²) in [5.41, 5.74) is 1.36. The molecule has 1 saturated carbocycles. The Labute approximate surface area is 111 Å². The van der Waals surface area contributed by atoms with Crippen LogP contribution in [0.3, 0.4) is 0 Å². The first-order valence-electron chi connectivity index (χ1n) is 7.55. The summed E-state index contributed by atoms with van der Waals surface area (Å²) in [6.07, 6.45) is 11.4. The number of hydrogen-bond acceptors (Lipinski definition) is 2. The van der Waals surface area contributed by atoms with Crippen LogP contribution in [0.15, 0.2) is 6.20 Å². The first-order valence-corrected chi connectivity index (χ1v) is 7.55. The van der Waals surface area contributed by atoms with Crippen molar-refractivity contribution in [1.82, 2.24) is 14.9 Å². The number of nitrogens with one attached hydrogen (secondary N) is 1. The third-order valence-corrected chi connectivity index (χ3v) is 3.77. The molecule has 0 radical (unpaired) electrons. The van der Waals surface area contributed by atoms with Crippen LogP contribution in [0.5, 0.6) is 0 Å². The fraction of sp³-hybridized carbons (Fsp3) is 0.800. The summed E-state index contributed by atoms with van der Waals surface area (Å²) < 4.78 is 2.39. The zero-order valence-corrected chi connectivity index (χ0v) is 11.9. The Balaban J connectivity index is 1.75. The van der Waals surface area contributed by atoms with Crippen LogP contribution < -0.4 is 5.32 Å². The van der Waals surface area contributed by atoms with E-state index in [1.807, 2.05) is 6.20 Å². The van der Waals surface area contributed by atoms with E-state index < -0.39 is 0 Å². The van der Waals surface area contributed by atoms with Gasteiger partial charge in [0.25, 0.3) is 0 Å². The van der Waals surface area contributed by atoms with E-state index in [1.165, 1.54) is 50.6 Å². The van der Waals surface area contributed by atoms with Gasteiger partial charge < -0.3 is 9.88 Å². The minimum absolute atomic E-state index is 0.776. The predicted molar refractivity (Wildman–Crippen MR) is 75.6 cm³/mol. The van der Waals surface area contributed by atoms with Crippen molar-refractivity contribution in [3.05, 3.63) is 17.7 Å². The predicted octanol–water partition coefficient (Wildman–Crippen LogP) is 3.41. The molecule has 0 amide bonds. The topological polar surface area (TPSA) is 29.9 Å². The number of rotatable bonds is 9. The Bertz CT molecular complexity index is 353. The van der Waals surface area contributed by atoms with E-state index in [-0.39, 0.29) is 0 Å². The number of aromatic nitrogens is 2. The lowest BCUT2D eigenvalue weighted by molar-refractivity contribution is 0.536. The van der Waals surface area contributed by atoms with Gasteiger partial charge >= 0.3 is 0 Å². The van der Waals surface area contributed by atoms with Gasteiger partial charge in [-0.15, -0.1) is 0 Å². The van der Waals surface area contributed by atoms with Gasteiger partial charge in [0.2, 0.25) is 0 Å². The van der Waals surface area contributed by atoms with Crippen molar-refractivity contribution >= 4 is 0 Å². The van der Waals surface area contributed by atoms with Crippen LogP contribution in [-0.2, 0) is 13.1 Å². The van der Waals surface area contributed by atoms with Gasteiger partial charge in [0.1, 0.15) is 5.82 Å². The highest BCUT2D eigenvalue weighted by molar-refractivity contribution is 5.05. The van der Waals surface area contributed by atoms with E-state index in [0.717, 1.165) is 25.0 Å². The molecule has 18 heavy (non-hydrogen) atoms. The smallest absolute Gasteiger partial charge is 0.105 e. The average Bonchev–Trinajstić information content (AvgIpc) is 3.13. The molecule has 1 aromatic heterocycles. The maximum absolute atomic E-state index is 4.45. The van der Waals surface area contributed by atoms with Crippen molar-refractivity contribution in [3.63, 3.8) is 0 Å². The normalized spacial score (nSPS) is 15.2. The van der Waals surface area contributed by atoms with Crippen molar-refractivity contribution in [2.45, 2.75) is 77.9 Å². The molecule has 1 fully saturated rings. The van der Waals surface area contributed by atoms with E-state index in [4.69, 9.17) is 0 Å². The number of nitrogens with zero attached hydrogens (tertiary/aromatic N) is 2. The van der Waals surface area contributed by atoms with Crippen LogP contribution in [0.25, 0.3) is 0 Å². The fourth-order valence-corrected chi connectivity index (χ4v) is 2.37. The zero-order chi connectivity index (χ0) is 12.8. The molecule has 0 atom stereocenters. The molecule has 0 spiro atoms. The molecule has 0 aliphatic heterocycles. The van der Waals surface area contributed by atoms with Gasteiger partial charge in [-0.25, -0.2) is 4.98 Å². The van der Waals surface area contributed by atoms with Crippen LogP contribution >= 0.6 is 0 Å². The summed E-state index contributed by atoms with van der Waals surface area (Å²) in [4.78, 5) is 4.45. The minimum atomic E-state index is 0.776. The third kappa shape index (κ3) is 4.13. The lowest BCUT2D eigenvalue weighted by atomic mass is 10.1. The summed E-state index contributed by atoms with van der Waals surface area (Å²) in [6.45, 7) is 6.51. The lowest BCUT2D eigenvalue weighted by Crippen LogP contribution is -2.18. The summed E-state index contributed by atoms with van der Waals surface area (Å²) in [5, 5.41) is 3.58. The largest absolute Gasteiger partial charge is 0.331 e. The van der Waals surface area contributed by atoms with Gasteiger partial charge in [0, 0.05) is 25.3 Å². The summed E-state index contributed by atoms with van der Waals surface area (Å²) in [6, 6.07) is 0.776. The van der Waals surface area contributed by atoms with Crippen molar-refractivity contribution < 1.29 is 0 Å². The molecule has 1 aliphatic carbocycles. The van der Waals surface area contributed by atoms with Crippen LogP contribution in [0.4, 0.5) is 0 Å². The van der Waals surface area contributed by atoms with Crippen molar-refractivity contribution in [2.75, 3.05) is 0 Å². The second-order valence-electron chi connectivity index (χ2n) is 5.52. The van der Waals surface area contributed by atoms with E-state index in [9.17, 15) is 0 Å². The van der Waals surface area contributed by atoms with Gasteiger partial charge in [0.15, 0.2) is 0 Å². The van der Waals surface area contributed by atoms with Gasteiger partial charge in [0.05, 0.1) is 5.69 Å². The second-order valence-corrected chi connectivity index (χ2v) is 5.52. The zero-order valence-electron chi connectivity index (χ0n) is 11.9. The van der Waals surface area contributed by atoms with E-state index in [2.05, 4.69) is 28.7 Å². The highest BCUT2D eigenvalue weighted by atomic mass is 15.1. The Morgan fingerprint density at radius 2 is 2.06 bits per heavy atom. The molecule has 1 aliphatic rings. The highest BCUT2D eigenvalue weighted by Gasteiger charge is 2.20. The maximum atomic E-state index is 4.45. The Hall–Kier alpha value is -0.830. The SMILES string of the molecule is CCCCCCCn1c(CNC2CC2)cnc1C. The second kappa shape index (κ2) is 6.93. The van der Waals surface area contributed by atoms with Crippen LogP contribution in [-0.4, -0.2) is 15.6 Å². The number of imidazole rings is 1. The average molecular weight is 249 g/mol. The van der Waals surface area contributed by atoms with Crippen LogP contribution in [0, 0.1) is 6.92 Å². The highest BCUT2D eigenvalue weighted by Crippen LogP contribution is 2.19. The molecular weight excluding hydrogens is 222 g/mol. The molecule has 0 aromatic carbocycles. The molecule has 3 heteroatoms. The monoisotopic (exact) mass is 249 g/mol. The first-order chi connectivity index (χ1) is 8.81. The Morgan fingerprint density at radius 3 is 2.78 bits per heavy atom. The van der Waals surface area contributed by atoms with Gasteiger partial charge in [-0.3, -0.25) is 0 Å². The van der Waals surface area contributed by atoms with Gasteiger partial charge in [-0.05, 0) is 26.2 Å². The number of aryl methyl sites for hydroxylation is 1. The molecule has 1 N–H and O–H groups in total. The molecule has 0 bridgehead atoms. The minimum Gasteiger partial charge on any atom is -0.331 e. The van der Waals surface area contributed by atoms with Crippen LogP contribution in [0.2, 0.25) is 0 Å². The van der Waals surface area contributed by atoms with E-state index in [0.29, 0.717) is 0 Å². The molecule has 0 unspecified atom stereocenters. The standard InChI is InChI=1S/C15H27N3/c1-3-4-5-6-7-10-18-13(2)16-11-15(18)12-17-14-8-9-14/h11,14,17H,3-10,12H2,1-2H3. The molecule has 1 heterocycles. The summed E-state index contributed by atoms with van der Waals surface area (Å²) in [7, 11) is 0. The molecule has 3 nitrogen and oxygen atoms in total. The first kappa shape index (κ1) is 13.6. The van der Waals surface area contributed by atoms with E-state index >= 15 is 0 Å². The summed E-state index contributed by atoms with van der Waals surface area (Å²) in [5.74, 6) is 1.16. The summed E-state index contributed by atoms with van der Waals surface area (Å²) >= 11 is 0. The third-order valence-electron chi connectivity index (χ3n) is 3.77. The molecule has 0 saturated heterocycles. The number of hydrogen-bond donors (Lipinski definition) is 1. The lowest BCUT2D eigenvalue weighted by Gasteiger charge is -2.10. The van der Waals surface area contributed by atoms with Crippen molar-refractivity contribution in [2.24, 2.45) is 0 Å². The van der Waals surface area contributed by atoms with Crippen molar-refractivity contribution in [1.29, 1.82) is 0 Å².